The molecule has 0 aliphatic heterocycles. The minimum absolute atomic E-state index is 0.0445. The van der Waals surface area contributed by atoms with Crippen LogP contribution in [0.2, 0.25) is 0 Å². The lowest BCUT2D eigenvalue weighted by Gasteiger charge is -2.22. The average molecular weight is 888 g/mol. The van der Waals surface area contributed by atoms with Crippen LogP contribution < -0.4 is 0 Å². The number of carbonyl (C=O) groups is 4. The summed E-state index contributed by atoms with van der Waals surface area (Å²) in [7, 11) is 0.980. The van der Waals surface area contributed by atoms with Gasteiger partial charge in [-0.05, 0) is 142 Å². The molecule has 5 aliphatic carbocycles. The monoisotopic (exact) mass is 886 g/mol. The Bertz CT molecular complexity index is 1440. The average Bonchev–Trinajstić information content (AvgIpc) is 3.21. The maximum atomic E-state index is 11.9. The zero-order valence-electron chi connectivity index (χ0n) is 36.2. The summed E-state index contributed by atoms with van der Waals surface area (Å²) >= 11 is 3.49. The number of ether oxygens (including phenoxy) is 3. The number of aliphatic hydroxyl groups excluding tert-OH is 1. The van der Waals surface area contributed by atoms with Crippen molar-refractivity contribution in [1.29, 1.82) is 0 Å². The third kappa shape index (κ3) is 20.3. The Balaban J connectivity index is 0.000000364. The number of allylic oxidation sites excluding steroid dienone is 5. The highest BCUT2D eigenvalue weighted by Gasteiger charge is 2.29. The molecule has 0 spiro atoms. The van der Waals surface area contributed by atoms with Gasteiger partial charge in [0.25, 0.3) is 0 Å². The molecule has 0 saturated heterocycles. The number of aliphatic hydroxyl groups is 1. The smallest absolute Gasteiger partial charge is 0.375 e. The first-order valence-electron chi connectivity index (χ1n) is 20.8. The molecule has 0 bridgehead atoms. The summed E-state index contributed by atoms with van der Waals surface area (Å²) < 4.78 is 36.2. The lowest BCUT2D eigenvalue weighted by molar-refractivity contribution is -0.150. The van der Waals surface area contributed by atoms with Gasteiger partial charge in [-0.15, -0.1) is 0 Å². The van der Waals surface area contributed by atoms with Crippen LogP contribution in [0.3, 0.4) is 0 Å². The summed E-state index contributed by atoms with van der Waals surface area (Å²) in [5.41, 5.74) is 8.56. The van der Waals surface area contributed by atoms with E-state index >= 15 is 0 Å². The van der Waals surface area contributed by atoms with Crippen molar-refractivity contribution in [2.45, 2.75) is 156 Å². The highest BCUT2D eigenvalue weighted by molar-refractivity contribution is 9.09. The molecule has 0 amide bonds. The topological polar surface area (TPSA) is 152 Å². The maximum Gasteiger partial charge on any atom is 0.375 e. The fraction of sp³-hybridized carbons (Fsp3) is 0.727. The zero-order valence-corrected chi connectivity index (χ0v) is 38.7. The summed E-state index contributed by atoms with van der Waals surface area (Å²) in [5, 5.41) is 9.90. The molecule has 0 aromatic carbocycles. The second kappa shape index (κ2) is 29.6. The molecule has 2 atom stereocenters. The van der Waals surface area contributed by atoms with Gasteiger partial charge >= 0.3 is 25.5 Å². The fourth-order valence-electron chi connectivity index (χ4n) is 7.24. The first-order valence-corrected chi connectivity index (χ1v) is 23.9. The number of rotatable bonds is 9. The number of methoxy groups -OCH3 is 3. The third-order valence-electron chi connectivity index (χ3n) is 10.8. The predicted octanol–water partition coefficient (Wildman–Crippen LogP) is 11.0. The highest BCUT2D eigenvalue weighted by atomic mass is 79.9. The Hall–Kier alpha value is -2.53. The van der Waals surface area contributed by atoms with Gasteiger partial charge in [-0.1, -0.05) is 44.6 Å². The number of halogens is 1. The SMILES string of the molecule is CC1=C(CBr)CCCC1.CC1=C(CO)CCCC1.CCOP(C)(=O)OC1=C(C(=O)OC)CCCC1.COC(=O)C1=C(C)CCCC1.COC(=O)C1CCCCC1=O. The van der Waals surface area contributed by atoms with Gasteiger partial charge in [0, 0.05) is 30.4 Å². The van der Waals surface area contributed by atoms with Crippen molar-refractivity contribution < 1.29 is 52.1 Å². The standard InChI is InChI=1S/C11H19O5P.C9H14O2.C8H13Br.C8H12O3.C8H14O/c1-4-15-17(3,13)16-10-8-6-5-7-9(10)11(12)14-2;1-7-5-3-4-6-8(7)9(10)11-2;1-7-4-2-3-5-8(7)6-9;1-11-8(10)6-4-2-3-5-7(6)9;1-7-4-2-3-5-8(7)6-9/h4-8H2,1-3H3;3-6H2,1-2H3;2-6H2,1H3;6H,2-5H2,1H3;9H,2-6H2,1H3. The van der Waals surface area contributed by atoms with Crippen molar-refractivity contribution in [3.05, 3.63) is 44.8 Å². The molecule has 326 valence electrons. The van der Waals surface area contributed by atoms with Crippen molar-refractivity contribution in [3.8, 4) is 0 Å². The second-order valence-electron chi connectivity index (χ2n) is 15.1. The molecule has 1 N–H and O–H groups in total. The molecule has 1 saturated carbocycles. The van der Waals surface area contributed by atoms with Gasteiger partial charge in [0.05, 0.1) is 40.1 Å². The molecular formula is C44H72BrO11P. The van der Waals surface area contributed by atoms with Crippen LogP contribution in [-0.2, 0) is 47.0 Å². The summed E-state index contributed by atoms with van der Waals surface area (Å²) in [6.45, 7) is 10.2. The molecule has 13 heteroatoms. The van der Waals surface area contributed by atoms with E-state index in [1.807, 2.05) is 6.92 Å². The van der Waals surface area contributed by atoms with Gasteiger partial charge in [0.2, 0.25) is 0 Å². The van der Waals surface area contributed by atoms with Crippen LogP contribution in [0.4, 0.5) is 0 Å². The predicted molar refractivity (Wildman–Crippen MR) is 229 cm³/mol. The van der Waals surface area contributed by atoms with E-state index in [0.717, 1.165) is 62.3 Å². The normalized spacial score (nSPS) is 20.7. The van der Waals surface area contributed by atoms with E-state index in [0.29, 0.717) is 43.6 Å². The molecule has 11 nitrogen and oxygen atoms in total. The van der Waals surface area contributed by atoms with Gasteiger partial charge < -0.3 is 28.4 Å². The summed E-state index contributed by atoms with van der Waals surface area (Å²) in [5.74, 6) is -0.868. The molecule has 5 rings (SSSR count). The van der Waals surface area contributed by atoms with Crippen molar-refractivity contribution >= 4 is 47.2 Å². The summed E-state index contributed by atoms with van der Waals surface area (Å²) in [6, 6.07) is 0. The van der Waals surface area contributed by atoms with Crippen LogP contribution in [0.5, 0.6) is 0 Å². The minimum atomic E-state index is -3.11. The zero-order chi connectivity index (χ0) is 42.8. The van der Waals surface area contributed by atoms with Crippen LogP contribution in [-0.4, -0.2) is 75.3 Å². The van der Waals surface area contributed by atoms with Crippen molar-refractivity contribution in [2.24, 2.45) is 5.92 Å². The van der Waals surface area contributed by atoms with Crippen molar-refractivity contribution in [1.82, 2.24) is 0 Å². The van der Waals surface area contributed by atoms with E-state index in [-0.39, 0.29) is 24.3 Å². The molecule has 1 fully saturated rings. The van der Waals surface area contributed by atoms with Crippen LogP contribution in [0.1, 0.15) is 156 Å². The molecule has 0 heterocycles. The van der Waals surface area contributed by atoms with E-state index in [4.69, 9.17) is 14.2 Å². The van der Waals surface area contributed by atoms with Crippen LogP contribution in [0, 0.1) is 5.92 Å². The molecule has 2 unspecified atom stereocenters. The first kappa shape index (κ1) is 52.5. The van der Waals surface area contributed by atoms with E-state index in [1.54, 1.807) is 18.1 Å². The Morgan fingerprint density at radius 1 is 0.667 bits per heavy atom. The van der Waals surface area contributed by atoms with Crippen LogP contribution >= 0.6 is 23.5 Å². The van der Waals surface area contributed by atoms with Gasteiger partial charge in [0.15, 0.2) is 0 Å². The van der Waals surface area contributed by atoms with Crippen molar-refractivity contribution in [2.75, 3.05) is 46.5 Å². The van der Waals surface area contributed by atoms with E-state index in [1.165, 1.54) is 96.1 Å². The van der Waals surface area contributed by atoms with E-state index < -0.39 is 19.5 Å². The third-order valence-corrected chi connectivity index (χ3v) is 12.8. The van der Waals surface area contributed by atoms with Gasteiger partial charge in [-0.3, -0.25) is 9.59 Å². The number of Topliss-reactive ketones (excluding diaryl/α,β-unsaturated/α-hetero) is 1. The quantitative estimate of drug-likeness (QED) is 0.0588. The van der Waals surface area contributed by atoms with E-state index in [2.05, 4.69) is 44.0 Å². The number of esters is 3. The largest absolute Gasteiger partial charge is 0.468 e. The molecule has 57 heavy (non-hydrogen) atoms. The number of hydrogen-bond donors (Lipinski definition) is 1. The van der Waals surface area contributed by atoms with Crippen LogP contribution in [0.15, 0.2) is 44.8 Å². The van der Waals surface area contributed by atoms with Crippen LogP contribution in [0.25, 0.3) is 0 Å². The first-order chi connectivity index (χ1) is 27.2. The molecule has 0 aromatic rings. The number of ketones is 1. The van der Waals surface area contributed by atoms with Gasteiger partial charge in [0.1, 0.15) is 17.5 Å². The number of carbonyl (C=O) groups excluding carboxylic acids is 4. The molecule has 0 aromatic heterocycles. The van der Waals surface area contributed by atoms with Crippen molar-refractivity contribution in [3.63, 3.8) is 0 Å². The highest BCUT2D eigenvalue weighted by Crippen LogP contribution is 2.48. The summed E-state index contributed by atoms with van der Waals surface area (Å²) in [4.78, 5) is 44.7. The van der Waals surface area contributed by atoms with E-state index in [9.17, 15) is 23.7 Å². The van der Waals surface area contributed by atoms with Gasteiger partial charge in [-0.2, -0.15) is 0 Å². The lowest BCUT2D eigenvalue weighted by Crippen LogP contribution is -2.27. The Labute approximate surface area is 351 Å². The summed E-state index contributed by atoms with van der Waals surface area (Å²) in [6.07, 6.45) is 20.8. The number of hydrogen-bond acceptors (Lipinski definition) is 11. The number of alkyl halides is 1. The fourth-order valence-corrected chi connectivity index (χ4v) is 9.12. The lowest BCUT2D eigenvalue weighted by atomic mass is 9.88. The Morgan fingerprint density at radius 3 is 1.58 bits per heavy atom. The molecule has 5 aliphatic rings. The Morgan fingerprint density at radius 2 is 1.14 bits per heavy atom. The minimum Gasteiger partial charge on any atom is -0.468 e. The second-order valence-corrected chi connectivity index (χ2v) is 17.6. The Kier molecular flexibility index (Phi) is 27.3. The maximum absolute atomic E-state index is 11.9. The van der Waals surface area contributed by atoms with Gasteiger partial charge in [-0.25, -0.2) is 14.2 Å². The molecule has 0 radical (unpaired) electrons. The molecular weight excluding hydrogens is 815 g/mol.